The zero-order valence-corrected chi connectivity index (χ0v) is 16.3. The first-order valence-electron chi connectivity index (χ1n) is 7.80. The molecule has 3 aromatic rings. The number of hydrogen-bond acceptors (Lipinski definition) is 6. The van der Waals surface area contributed by atoms with Gasteiger partial charge in [-0.25, -0.2) is 4.98 Å². The number of hydrogen-bond donors (Lipinski definition) is 2. The van der Waals surface area contributed by atoms with Gasteiger partial charge in [0.25, 0.3) is 11.8 Å². The SMILES string of the molecule is CN1CCc2c(sc(NC(=O)c3ccc4ncsc4c3)c2C(N)=O)C1.[Cl-]. The molecular formula is C17H16ClN4O2S2-. The van der Waals surface area contributed by atoms with Crippen molar-refractivity contribution in [3.05, 3.63) is 45.3 Å². The monoisotopic (exact) mass is 407 g/mol. The number of carbonyl (C=O) groups excluding carboxylic acids is 2. The minimum absolute atomic E-state index is 0. The van der Waals surface area contributed by atoms with Gasteiger partial charge in [0.2, 0.25) is 0 Å². The van der Waals surface area contributed by atoms with Crippen LogP contribution in [0.15, 0.2) is 23.7 Å². The molecule has 1 aliphatic heterocycles. The number of fused-ring (bicyclic) bond motifs is 2. The Balaban J connectivity index is 0.00000196. The highest BCUT2D eigenvalue weighted by atomic mass is 35.5. The van der Waals surface area contributed by atoms with Gasteiger partial charge in [-0.2, -0.15) is 0 Å². The van der Waals surface area contributed by atoms with E-state index in [0.717, 1.165) is 40.2 Å². The van der Waals surface area contributed by atoms with Crippen molar-refractivity contribution in [3.63, 3.8) is 0 Å². The van der Waals surface area contributed by atoms with Crippen molar-refractivity contribution in [2.24, 2.45) is 5.73 Å². The van der Waals surface area contributed by atoms with Crippen LogP contribution in [0.25, 0.3) is 10.2 Å². The fourth-order valence-corrected chi connectivity index (χ4v) is 5.10. The molecule has 136 valence electrons. The van der Waals surface area contributed by atoms with Gasteiger partial charge in [0.15, 0.2) is 0 Å². The van der Waals surface area contributed by atoms with Crippen LogP contribution < -0.4 is 23.5 Å². The molecule has 0 bridgehead atoms. The highest BCUT2D eigenvalue weighted by molar-refractivity contribution is 7.17. The van der Waals surface area contributed by atoms with Gasteiger partial charge in [0, 0.05) is 23.5 Å². The van der Waals surface area contributed by atoms with E-state index in [2.05, 4.69) is 15.2 Å². The first-order valence-corrected chi connectivity index (χ1v) is 9.50. The Kier molecular flexibility index (Phi) is 5.29. The number of anilines is 1. The van der Waals surface area contributed by atoms with E-state index in [4.69, 9.17) is 5.73 Å². The van der Waals surface area contributed by atoms with E-state index in [1.54, 1.807) is 11.6 Å². The van der Waals surface area contributed by atoms with Crippen LogP contribution in [-0.2, 0) is 13.0 Å². The van der Waals surface area contributed by atoms with Crippen molar-refractivity contribution in [2.75, 3.05) is 18.9 Å². The van der Waals surface area contributed by atoms with E-state index in [1.807, 2.05) is 19.2 Å². The van der Waals surface area contributed by atoms with Crippen LogP contribution in [0.3, 0.4) is 0 Å². The molecule has 9 heteroatoms. The van der Waals surface area contributed by atoms with E-state index < -0.39 is 5.91 Å². The fourth-order valence-electron chi connectivity index (χ4n) is 3.05. The second-order valence-corrected chi connectivity index (χ2v) is 8.04. The number of nitrogens with two attached hydrogens (primary N) is 1. The van der Waals surface area contributed by atoms with Crippen molar-refractivity contribution in [1.29, 1.82) is 0 Å². The second-order valence-electron chi connectivity index (χ2n) is 6.05. The normalized spacial score (nSPS) is 13.9. The molecule has 0 atom stereocenters. The minimum Gasteiger partial charge on any atom is -1.00 e. The standard InChI is InChI=1S/C17H16N4O2S2.ClH/c1-21-5-4-10-13(7-21)25-17(14(10)15(18)22)20-16(23)9-2-3-11-12(6-9)24-8-19-11;/h2-3,6,8H,4-5,7H2,1H3,(H2,18,22)(H,20,23);1H/p-1. The Morgan fingerprint density at radius 1 is 1.35 bits per heavy atom. The van der Waals surface area contributed by atoms with Gasteiger partial charge in [0.1, 0.15) is 5.00 Å². The Bertz CT molecular complexity index is 998. The number of primary amides is 1. The van der Waals surface area contributed by atoms with Crippen LogP contribution in [0.5, 0.6) is 0 Å². The van der Waals surface area contributed by atoms with Crippen LogP contribution in [0.4, 0.5) is 5.00 Å². The van der Waals surface area contributed by atoms with Gasteiger partial charge in [-0.1, -0.05) is 0 Å². The number of thiophene rings is 1. The zero-order chi connectivity index (χ0) is 17.6. The number of rotatable bonds is 3. The Morgan fingerprint density at radius 2 is 2.15 bits per heavy atom. The van der Waals surface area contributed by atoms with Crippen molar-refractivity contribution in [3.8, 4) is 0 Å². The third kappa shape index (κ3) is 3.33. The molecule has 0 aliphatic carbocycles. The molecule has 0 saturated heterocycles. The van der Waals surface area contributed by atoms with Crippen LogP contribution in [-0.4, -0.2) is 35.3 Å². The van der Waals surface area contributed by atoms with E-state index in [-0.39, 0.29) is 18.3 Å². The number of amides is 2. The molecule has 0 fully saturated rings. The average Bonchev–Trinajstić information content (AvgIpc) is 3.17. The molecule has 6 nitrogen and oxygen atoms in total. The molecule has 0 radical (unpaired) electrons. The molecule has 2 amide bonds. The quantitative estimate of drug-likeness (QED) is 0.624. The summed E-state index contributed by atoms with van der Waals surface area (Å²) in [5, 5.41) is 3.43. The Morgan fingerprint density at radius 3 is 2.92 bits per heavy atom. The van der Waals surface area contributed by atoms with Crippen LogP contribution in [0.2, 0.25) is 0 Å². The third-order valence-electron chi connectivity index (χ3n) is 4.31. The summed E-state index contributed by atoms with van der Waals surface area (Å²) in [6.07, 6.45) is 0.767. The number of thiazole rings is 1. The van der Waals surface area contributed by atoms with Gasteiger partial charge >= 0.3 is 0 Å². The maximum absolute atomic E-state index is 12.6. The third-order valence-corrected chi connectivity index (χ3v) is 6.24. The van der Waals surface area contributed by atoms with E-state index >= 15 is 0 Å². The molecule has 0 spiro atoms. The number of benzene rings is 1. The summed E-state index contributed by atoms with van der Waals surface area (Å²) < 4.78 is 0.954. The lowest BCUT2D eigenvalue weighted by Gasteiger charge is -2.22. The second kappa shape index (κ2) is 7.32. The number of aromatic nitrogens is 1. The summed E-state index contributed by atoms with van der Waals surface area (Å²) >= 11 is 2.93. The molecule has 26 heavy (non-hydrogen) atoms. The Hall–Kier alpha value is -2.00. The average molecular weight is 408 g/mol. The number of nitrogens with one attached hydrogen (secondary N) is 1. The smallest absolute Gasteiger partial charge is 0.256 e. The Labute approximate surface area is 164 Å². The number of carbonyl (C=O) groups is 2. The molecule has 4 rings (SSSR count). The molecular weight excluding hydrogens is 392 g/mol. The molecule has 3 heterocycles. The summed E-state index contributed by atoms with van der Waals surface area (Å²) in [4.78, 5) is 32.1. The molecule has 3 N–H and O–H groups in total. The van der Waals surface area contributed by atoms with Crippen LogP contribution >= 0.6 is 22.7 Å². The summed E-state index contributed by atoms with van der Waals surface area (Å²) in [7, 11) is 2.04. The summed E-state index contributed by atoms with van der Waals surface area (Å²) in [5.41, 5.74) is 10.2. The minimum atomic E-state index is -0.490. The predicted molar refractivity (Wildman–Crippen MR) is 100 cm³/mol. The van der Waals surface area contributed by atoms with E-state index in [1.165, 1.54) is 22.7 Å². The van der Waals surface area contributed by atoms with Crippen LogP contribution in [0, 0.1) is 0 Å². The molecule has 0 unspecified atom stereocenters. The lowest BCUT2D eigenvalue weighted by molar-refractivity contribution is -0.0000208. The molecule has 2 aromatic heterocycles. The first-order chi connectivity index (χ1) is 12.0. The maximum Gasteiger partial charge on any atom is 0.256 e. The highest BCUT2D eigenvalue weighted by Crippen LogP contribution is 2.37. The summed E-state index contributed by atoms with van der Waals surface area (Å²) in [5.74, 6) is -0.736. The molecule has 0 saturated carbocycles. The van der Waals surface area contributed by atoms with E-state index in [9.17, 15) is 9.59 Å². The van der Waals surface area contributed by atoms with Gasteiger partial charge in [0.05, 0.1) is 21.3 Å². The highest BCUT2D eigenvalue weighted by Gasteiger charge is 2.26. The summed E-state index contributed by atoms with van der Waals surface area (Å²) in [6.45, 7) is 1.64. The topological polar surface area (TPSA) is 88.3 Å². The number of nitrogens with zero attached hydrogens (tertiary/aromatic N) is 2. The molecule has 1 aromatic carbocycles. The van der Waals surface area contributed by atoms with Crippen molar-refractivity contribution in [2.45, 2.75) is 13.0 Å². The lowest BCUT2D eigenvalue weighted by Crippen LogP contribution is -3.00. The van der Waals surface area contributed by atoms with Gasteiger partial charge < -0.3 is 28.4 Å². The van der Waals surface area contributed by atoms with Crippen molar-refractivity contribution < 1.29 is 22.0 Å². The number of halogens is 1. The fraction of sp³-hybridized carbons (Fsp3) is 0.235. The first kappa shape index (κ1) is 18.8. The van der Waals surface area contributed by atoms with Gasteiger partial charge in [-0.3, -0.25) is 9.59 Å². The van der Waals surface area contributed by atoms with Gasteiger partial charge in [-0.05, 0) is 37.2 Å². The lowest BCUT2D eigenvalue weighted by atomic mass is 10.0. The van der Waals surface area contributed by atoms with Gasteiger partial charge in [-0.15, -0.1) is 22.7 Å². The van der Waals surface area contributed by atoms with E-state index in [0.29, 0.717) is 16.1 Å². The van der Waals surface area contributed by atoms with Crippen LogP contribution in [0.1, 0.15) is 31.2 Å². The number of likely N-dealkylation sites (N-methyl/N-ethyl adjacent to an activating group) is 1. The van der Waals surface area contributed by atoms with Crippen molar-refractivity contribution in [1.82, 2.24) is 9.88 Å². The molecule has 1 aliphatic rings. The largest absolute Gasteiger partial charge is 1.00 e. The van der Waals surface area contributed by atoms with Crippen molar-refractivity contribution >= 4 is 49.7 Å². The summed E-state index contributed by atoms with van der Waals surface area (Å²) in [6, 6.07) is 5.38. The predicted octanol–water partition coefficient (Wildman–Crippen LogP) is -0.299. The maximum atomic E-state index is 12.6. The zero-order valence-electron chi connectivity index (χ0n) is 13.9.